The van der Waals surface area contributed by atoms with E-state index in [9.17, 15) is 4.79 Å². The first-order valence-electron chi connectivity index (χ1n) is 5.60. The second-order valence-electron chi connectivity index (χ2n) is 3.92. The summed E-state index contributed by atoms with van der Waals surface area (Å²) in [5.41, 5.74) is 3.06. The molecule has 2 rings (SSSR count). The summed E-state index contributed by atoms with van der Waals surface area (Å²) in [5, 5.41) is 0.211. The molecule has 1 aromatic carbocycles. The van der Waals surface area contributed by atoms with Crippen molar-refractivity contribution in [1.82, 2.24) is 0 Å². The highest BCUT2D eigenvalue weighted by molar-refractivity contribution is 8.13. The molecular formula is C13H15NO2S. The van der Waals surface area contributed by atoms with Gasteiger partial charge in [0.05, 0.1) is 12.7 Å². The van der Waals surface area contributed by atoms with E-state index in [0.717, 1.165) is 12.8 Å². The van der Waals surface area contributed by atoms with Crippen molar-refractivity contribution < 1.29 is 9.53 Å². The predicted molar refractivity (Wildman–Crippen MR) is 70.4 cm³/mol. The van der Waals surface area contributed by atoms with Crippen LogP contribution >= 0.6 is 11.8 Å². The first-order valence-corrected chi connectivity index (χ1v) is 6.54. The topological polar surface area (TPSA) is 38.7 Å². The monoisotopic (exact) mass is 249 g/mol. The summed E-state index contributed by atoms with van der Waals surface area (Å²) in [6.45, 7) is 0. The van der Waals surface area contributed by atoms with Gasteiger partial charge in [0.15, 0.2) is 6.04 Å². The summed E-state index contributed by atoms with van der Waals surface area (Å²) in [6.07, 6.45) is 1.91. The average molecular weight is 249 g/mol. The van der Waals surface area contributed by atoms with Crippen molar-refractivity contribution in [1.29, 1.82) is 0 Å². The van der Waals surface area contributed by atoms with E-state index in [1.807, 2.05) is 18.2 Å². The van der Waals surface area contributed by atoms with E-state index in [1.54, 1.807) is 17.3 Å². The lowest BCUT2D eigenvalue weighted by atomic mass is 10.0. The minimum absolute atomic E-state index is 0.211. The van der Waals surface area contributed by atoms with Crippen LogP contribution in [0.2, 0.25) is 0 Å². The number of aliphatic imine (C=N–C) groups is 1. The molecule has 2 atom stereocenters. The third kappa shape index (κ3) is 3.09. The van der Waals surface area contributed by atoms with Crippen molar-refractivity contribution in [2.75, 3.05) is 7.11 Å². The molecule has 17 heavy (non-hydrogen) atoms. The molecule has 1 aliphatic heterocycles. The standard InChI is InChI=1S/C13H15NO2S/c1-16-13(15)12-11(17-9-14-12)8-7-10-5-3-2-4-6-10/h2-6,9,11-12H,7-8H2,1H3. The van der Waals surface area contributed by atoms with Crippen LogP contribution in [-0.2, 0) is 16.0 Å². The number of thioether (sulfide) groups is 1. The highest BCUT2D eigenvalue weighted by Crippen LogP contribution is 2.27. The second kappa shape index (κ2) is 5.87. The van der Waals surface area contributed by atoms with Crippen molar-refractivity contribution in [2.45, 2.75) is 24.1 Å². The predicted octanol–water partition coefficient (Wildman–Crippen LogP) is 2.30. The first-order chi connectivity index (χ1) is 8.31. The Kier molecular flexibility index (Phi) is 4.20. The van der Waals surface area contributed by atoms with Crippen LogP contribution in [-0.4, -0.2) is 29.9 Å². The minimum Gasteiger partial charge on any atom is -0.467 e. The summed E-state index contributed by atoms with van der Waals surface area (Å²) in [7, 11) is 1.41. The summed E-state index contributed by atoms with van der Waals surface area (Å²) in [5.74, 6) is -0.232. The SMILES string of the molecule is COC(=O)C1N=CSC1CCc1ccccc1. The lowest BCUT2D eigenvalue weighted by Gasteiger charge is -2.14. The summed E-state index contributed by atoms with van der Waals surface area (Å²) >= 11 is 1.62. The molecule has 0 saturated heterocycles. The molecule has 90 valence electrons. The number of ether oxygens (including phenoxy) is 1. The molecule has 0 radical (unpaired) electrons. The van der Waals surface area contributed by atoms with E-state index in [4.69, 9.17) is 4.74 Å². The van der Waals surface area contributed by atoms with Crippen LogP contribution in [0.25, 0.3) is 0 Å². The van der Waals surface area contributed by atoms with Crippen LogP contribution in [0.15, 0.2) is 35.3 Å². The Bertz CT molecular complexity index is 405. The quantitative estimate of drug-likeness (QED) is 0.769. The van der Waals surface area contributed by atoms with Crippen molar-refractivity contribution >= 4 is 23.3 Å². The molecule has 0 bridgehead atoms. The molecule has 4 heteroatoms. The minimum atomic E-state index is -0.325. The van der Waals surface area contributed by atoms with Gasteiger partial charge < -0.3 is 4.74 Å². The molecule has 1 heterocycles. The van der Waals surface area contributed by atoms with E-state index in [0.29, 0.717) is 0 Å². The maximum Gasteiger partial charge on any atom is 0.331 e. The molecule has 2 unspecified atom stereocenters. The fraction of sp³-hybridized carbons (Fsp3) is 0.385. The molecule has 0 fully saturated rings. The lowest BCUT2D eigenvalue weighted by molar-refractivity contribution is -0.141. The van der Waals surface area contributed by atoms with Crippen LogP contribution < -0.4 is 0 Å². The molecule has 0 N–H and O–H groups in total. The number of esters is 1. The maximum absolute atomic E-state index is 11.5. The molecule has 1 aliphatic rings. The fourth-order valence-corrected chi connectivity index (χ4v) is 2.80. The van der Waals surface area contributed by atoms with Gasteiger partial charge in [-0.3, -0.25) is 4.99 Å². The van der Waals surface area contributed by atoms with Gasteiger partial charge in [0.2, 0.25) is 0 Å². The molecule has 0 aliphatic carbocycles. The highest BCUT2D eigenvalue weighted by Gasteiger charge is 2.31. The second-order valence-corrected chi connectivity index (χ2v) is 5.01. The van der Waals surface area contributed by atoms with Crippen LogP contribution in [0, 0.1) is 0 Å². The van der Waals surface area contributed by atoms with E-state index in [1.165, 1.54) is 12.7 Å². The number of benzene rings is 1. The third-order valence-corrected chi connectivity index (χ3v) is 3.90. The Morgan fingerprint density at radius 2 is 2.18 bits per heavy atom. The van der Waals surface area contributed by atoms with Gasteiger partial charge in [-0.15, -0.1) is 11.8 Å². The zero-order valence-electron chi connectivity index (χ0n) is 9.70. The van der Waals surface area contributed by atoms with Crippen molar-refractivity contribution in [3.8, 4) is 0 Å². The molecule has 3 nitrogen and oxygen atoms in total. The Balaban J connectivity index is 1.89. The highest BCUT2D eigenvalue weighted by atomic mass is 32.2. The molecule has 0 spiro atoms. The number of methoxy groups -OCH3 is 1. The van der Waals surface area contributed by atoms with Gasteiger partial charge in [-0.1, -0.05) is 30.3 Å². The normalized spacial score (nSPS) is 22.6. The number of hydrogen-bond acceptors (Lipinski definition) is 4. The van der Waals surface area contributed by atoms with E-state index in [-0.39, 0.29) is 17.3 Å². The van der Waals surface area contributed by atoms with E-state index in [2.05, 4.69) is 17.1 Å². The smallest absolute Gasteiger partial charge is 0.331 e. The lowest BCUT2D eigenvalue weighted by Crippen LogP contribution is -2.28. The average Bonchev–Trinajstić information content (AvgIpc) is 2.85. The maximum atomic E-state index is 11.5. The molecule has 0 aromatic heterocycles. The summed E-state index contributed by atoms with van der Waals surface area (Å²) in [4.78, 5) is 15.7. The largest absolute Gasteiger partial charge is 0.467 e. The van der Waals surface area contributed by atoms with E-state index >= 15 is 0 Å². The number of carbonyl (C=O) groups is 1. The van der Waals surface area contributed by atoms with Crippen LogP contribution in [0.1, 0.15) is 12.0 Å². The van der Waals surface area contributed by atoms with Gasteiger partial charge >= 0.3 is 5.97 Å². The van der Waals surface area contributed by atoms with Crippen molar-refractivity contribution in [3.63, 3.8) is 0 Å². The summed E-state index contributed by atoms with van der Waals surface area (Å²) in [6, 6.07) is 9.96. The molecule has 0 amide bonds. The zero-order chi connectivity index (χ0) is 12.1. The molecular weight excluding hydrogens is 234 g/mol. The van der Waals surface area contributed by atoms with Crippen LogP contribution in [0.3, 0.4) is 0 Å². The number of rotatable bonds is 4. The Morgan fingerprint density at radius 3 is 2.88 bits per heavy atom. The van der Waals surface area contributed by atoms with Gasteiger partial charge in [-0.05, 0) is 18.4 Å². The zero-order valence-corrected chi connectivity index (χ0v) is 10.5. The Morgan fingerprint density at radius 1 is 1.41 bits per heavy atom. The Labute approximate surface area is 105 Å². The fourth-order valence-electron chi connectivity index (χ4n) is 1.86. The summed E-state index contributed by atoms with van der Waals surface area (Å²) < 4.78 is 4.75. The van der Waals surface area contributed by atoms with Gasteiger partial charge in [-0.25, -0.2) is 4.79 Å². The van der Waals surface area contributed by atoms with Crippen LogP contribution in [0.5, 0.6) is 0 Å². The Hall–Kier alpha value is -1.29. The van der Waals surface area contributed by atoms with E-state index < -0.39 is 0 Å². The molecule has 0 saturated carbocycles. The number of aryl methyl sites for hydroxylation is 1. The van der Waals surface area contributed by atoms with Crippen molar-refractivity contribution in [3.05, 3.63) is 35.9 Å². The van der Waals surface area contributed by atoms with Crippen molar-refractivity contribution in [2.24, 2.45) is 4.99 Å². The third-order valence-electron chi connectivity index (χ3n) is 2.81. The molecule has 1 aromatic rings. The van der Waals surface area contributed by atoms with Crippen LogP contribution in [0.4, 0.5) is 0 Å². The van der Waals surface area contributed by atoms with Gasteiger partial charge in [0.25, 0.3) is 0 Å². The number of carbonyl (C=O) groups excluding carboxylic acids is 1. The van der Waals surface area contributed by atoms with Gasteiger partial charge in [0.1, 0.15) is 0 Å². The number of nitrogens with zero attached hydrogens (tertiary/aromatic N) is 1. The number of hydrogen-bond donors (Lipinski definition) is 0. The van der Waals surface area contributed by atoms with Gasteiger partial charge in [0, 0.05) is 5.25 Å². The van der Waals surface area contributed by atoms with Gasteiger partial charge in [-0.2, -0.15) is 0 Å². The first kappa shape index (κ1) is 12.2.